The first kappa shape index (κ1) is 13.6. The van der Waals surface area contributed by atoms with Crippen LogP contribution in [-0.4, -0.2) is 41.1 Å². The molecule has 19 heavy (non-hydrogen) atoms. The molecule has 2 rings (SSSR count). The summed E-state index contributed by atoms with van der Waals surface area (Å²) in [5.41, 5.74) is 0. The van der Waals surface area contributed by atoms with E-state index in [0.717, 1.165) is 11.0 Å². The molecule has 0 radical (unpaired) electrons. The van der Waals surface area contributed by atoms with E-state index in [1.807, 2.05) is 0 Å². The molecule has 0 aromatic heterocycles. The van der Waals surface area contributed by atoms with Crippen LogP contribution in [0.15, 0.2) is 18.2 Å². The summed E-state index contributed by atoms with van der Waals surface area (Å²) in [5, 5.41) is 8.93. The van der Waals surface area contributed by atoms with E-state index in [0.29, 0.717) is 11.4 Å². The SMILES string of the molecule is O=C(O)CN1CCC(Oc2cc(Cl)ccc2F)C1=O. The zero-order chi connectivity index (χ0) is 14.0. The standard InChI is InChI=1S/C12H11ClFNO4/c13-7-1-2-8(14)10(5-7)19-9-3-4-15(12(9)18)6-11(16)17/h1-2,5,9H,3-4,6H2,(H,16,17). The van der Waals surface area contributed by atoms with E-state index < -0.39 is 23.8 Å². The second-order valence-corrected chi connectivity index (χ2v) is 4.56. The molecule has 5 nitrogen and oxygen atoms in total. The molecule has 1 N–H and O–H groups in total. The van der Waals surface area contributed by atoms with E-state index in [4.69, 9.17) is 21.4 Å². The van der Waals surface area contributed by atoms with Crippen LogP contribution in [0.2, 0.25) is 5.02 Å². The van der Waals surface area contributed by atoms with Crippen molar-refractivity contribution in [3.8, 4) is 5.75 Å². The van der Waals surface area contributed by atoms with Crippen LogP contribution >= 0.6 is 11.6 Å². The lowest BCUT2D eigenvalue weighted by Gasteiger charge is -2.15. The van der Waals surface area contributed by atoms with Crippen LogP contribution in [0.1, 0.15) is 6.42 Å². The second-order valence-electron chi connectivity index (χ2n) is 4.12. The number of carbonyl (C=O) groups is 2. The molecule has 1 atom stereocenters. The number of aliphatic carboxylic acids is 1. The number of benzene rings is 1. The van der Waals surface area contributed by atoms with E-state index >= 15 is 0 Å². The van der Waals surface area contributed by atoms with Gasteiger partial charge in [-0.1, -0.05) is 11.6 Å². The molecule has 1 aromatic carbocycles. The van der Waals surface area contributed by atoms with Gasteiger partial charge >= 0.3 is 5.97 Å². The van der Waals surface area contributed by atoms with Gasteiger partial charge in [-0.3, -0.25) is 9.59 Å². The number of hydrogen-bond donors (Lipinski definition) is 1. The average Bonchev–Trinajstić information content (AvgIpc) is 2.66. The van der Waals surface area contributed by atoms with Gasteiger partial charge < -0.3 is 14.7 Å². The maximum Gasteiger partial charge on any atom is 0.323 e. The summed E-state index contributed by atoms with van der Waals surface area (Å²) in [6.45, 7) is -0.102. The van der Waals surface area contributed by atoms with Gasteiger partial charge in [-0.15, -0.1) is 0 Å². The molecule has 0 saturated carbocycles. The van der Waals surface area contributed by atoms with Crippen LogP contribution in [0.4, 0.5) is 4.39 Å². The molecule has 0 spiro atoms. The highest BCUT2D eigenvalue weighted by molar-refractivity contribution is 6.30. The fraction of sp³-hybridized carbons (Fsp3) is 0.333. The Morgan fingerprint density at radius 2 is 2.32 bits per heavy atom. The molecule has 1 aliphatic heterocycles. The number of ether oxygens (including phenoxy) is 1. The highest BCUT2D eigenvalue weighted by atomic mass is 35.5. The van der Waals surface area contributed by atoms with Crippen LogP contribution in [-0.2, 0) is 9.59 Å². The number of nitrogens with zero attached hydrogens (tertiary/aromatic N) is 1. The van der Waals surface area contributed by atoms with E-state index in [2.05, 4.69) is 0 Å². The van der Waals surface area contributed by atoms with Gasteiger partial charge in [-0.25, -0.2) is 4.39 Å². The van der Waals surface area contributed by atoms with Gasteiger partial charge in [0.05, 0.1) is 0 Å². The Morgan fingerprint density at radius 3 is 3.00 bits per heavy atom. The maximum atomic E-state index is 13.5. The van der Waals surface area contributed by atoms with Crippen molar-refractivity contribution < 1.29 is 23.8 Å². The Morgan fingerprint density at radius 1 is 1.58 bits per heavy atom. The number of halogens is 2. The lowest BCUT2D eigenvalue weighted by Crippen LogP contribution is -2.35. The first-order valence-corrected chi connectivity index (χ1v) is 5.97. The predicted molar refractivity (Wildman–Crippen MR) is 64.7 cm³/mol. The number of carbonyl (C=O) groups excluding carboxylic acids is 1. The summed E-state index contributed by atoms with van der Waals surface area (Å²) < 4.78 is 18.7. The quantitative estimate of drug-likeness (QED) is 0.912. The Hall–Kier alpha value is -1.82. The molecule has 0 aliphatic carbocycles. The fourth-order valence-electron chi connectivity index (χ4n) is 1.86. The van der Waals surface area contributed by atoms with Gasteiger partial charge in [0.25, 0.3) is 5.91 Å². The lowest BCUT2D eigenvalue weighted by molar-refractivity contribution is -0.144. The minimum Gasteiger partial charge on any atom is -0.480 e. The maximum absolute atomic E-state index is 13.5. The Balaban J connectivity index is 2.06. The minimum atomic E-state index is -1.09. The van der Waals surface area contributed by atoms with Crippen molar-refractivity contribution in [2.75, 3.05) is 13.1 Å². The van der Waals surface area contributed by atoms with E-state index in [1.54, 1.807) is 0 Å². The van der Waals surface area contributed by atoms with Crippen LogP contribution in [0.5, 0.6) is 5.75 Å². The summed E-state index contributed by atoms with van der Waals surface area (Å²) in [6.07, 6.45) is -0.551. The van der Waals surface area contributed by atoms with Gasteiger partial charge in [-0.2, -0.15) is 0 Å². The van der Waals surface area contributed by atoms with Crippen molar-refractivity contribution >= 4 is 23.5 Å². The fourth-order valence-corrected chi connectivity index (χ4v) is 2.02. The molecular weight excluding hydrogens is 277 g/mol. The summed E-state index contributed by atoms with van der Waals surface area (Å²) in [5.74, 6) is -2.28. The molecular formula is C12H11ClFNO4. The van der Waals surface area contributed by atoms with Gasteiger partial charge in [0.15, 0.2) is 17.7 Å². The van der Waals surface area contributed by atoms with E-state index in [1.165, 1.54) is 12.1 Å². The molecule has 1 amide bonds. The van der Waals surface area contributed by atoms with Crippen molar-refractivity contribution in [1.82, 2.24) is 4.90 Å². The third kappa shape index (κ3) is 3.14. The first-order valence-electron chi connectivity index (χ1n) is 5.59. The Labute approximate surface area is 113 Å². The molecule has 1 aliphatic rings. The molecule has 0 bridgehead atoms. The largest absolute Gasteiger partial charge is 0.480 e. The van der Waals surface area contributed by atoms with Crippen molar-refractivity contribution in [2.24, 2.45) is 0 Å². The third-order valence-electron chi connectivity index (χ3n) is 2.74. The Kier molecular flexibility index (Phi) is 3.90. The summed E-state index contributed by atoms with van der Waals surface area (Å²) in [7, 11) is 0. The summed E-state index contributed by atoms with van der Waals surface area (Å²) in [4.78, 5) is 23.5. The molecule has 102 valence electrons. The van der Waals surface area contributed by atoms with Crippen molar-refractivity contribution in [2.45, 2.75) is 12.5 Å². The molecule has 7 heteroatoms. The van der Waals surface area contributed by atoms with Gasteiger partial charge in [0.1, 0.15) is 6.54 Å². The zero-order valence-electron chi connectivity index (χ0n) is 9.81. The smallest absolute Gasteiger partial charge is 0.323 e. The number of hydrogen-bond acceptors (Lipinski definition) is 3. The zero-order valence-corrected chi connectivity index (χ0v) is 10.6. The number of amides is 1. The molecule has 1 fully saturated rings. The van der Waals surface area contributed by atoms with E-state index in [-0.39, 0.29) is 18.8 Å². The van der Waals surface area contributed by atoms with Crippen molar-refractivity contribution in [3.05, 3.63) is 29.0 Å². The number of rotatable bonds is 4. The second kappa shape index (κ2) is 5.44. The summed E-state index contributed by atoms with van der Waals surface area (Å²) >= 11 is 5.72. The number of carboxylic acids is 1. The first-order chi connectivity index (χ1) is 8.97. The normalized spacial score (nSPS) is 18.7. The van der Waals surface area contributed by atoms with Crippen molar-refractivity contribution in [1.29, 1.82) is 0 Å². The van der Waals surface area contributed by atoms with Crippen LogP contribution in [0.25, 0.3) is 0 Å². The van der Waals surface area contributed by atoms with Crippen molar-refractivity contribution in [3.63, 3.8) is 0 Å². The minimum absolute atomic E-state index is 0.108. The van der Waals surface area contributed by atoms with Crippen LogP contribution in [0.3, 0.4) is 0 Å². The highest BCUT2D eigenvalue weighted by Crippen LogP contribution is 2.25. The van der Waals surface area contributed by atoms with Gasteiger partial charge in [0, 0.05) is 24.1 Å². The topological polar surface area (TPSA) is 66.8 Å². The van der Waals surface area contributed by atoms with E-state index in [9.17, 15) is 14.0 Å². The van der Waals surface area contributed by atoms with Gasteiger partial charge in [-0.05, 0) is 12.1 Å². The number of likely N-dealkylation sites (tertiary alicyclic amines) is 1. The predicted octanol–water partition coefficient (Wildman–Crippen LogP) is 1.54. The third-order valence-corrected chi connectivity index (χ3v) is 2.97. The van der Waals surface area contributed by atoms with Crippen LogP contribution < -0.4 is 4.74 Å². The number of carboxylic acid groups (broad SMARTS) is 1. The van der Waals surface area contributed by atoms with Gasteiger partial charge in [0.2, 0.25) is 0 Å². The Bertz CT molecular complexity index is 522. The summed E-state index contributed by atoms with van der Waals surface area (Å²) in [6, 6.07) is 3.80. The monoisotopic (exact) mass is 287 g/mol. The molecule has 1 saturated heterocycles. The molecule has 1 heterocycles. The molecule has 1 aromatic rings. The van der Waals surface area contributed by atoms with Crippen LogP contribution in [0, 0.1) is 5.82 Å². The molecule has 1 unspecified atom stereocenters. The average molecular weight is 288 g/mol. The lowest BCUT2D eigenvalue weighted by atomic mass is 10.3. The highest BCUT2D eigenvalue weighted by Gasteiger charge is 2.34.